The minimum atomic E-state index is -0.442. The fourth-order valence-electron chi connectivity index (χ4n) is 2.06. The van der Waals surface area contributed by atoms with Crippen molar-refractivity contribution < 1.29 is 14.3 Å². The van der Waals surface area contributed by atoms with Crippen molar-refractivity contribution in [3.05, 3.63) is 40.9 Å². The summed E-state index contributed by atoms with van der Waals surface area (Å²) in [5.74, 6) is 1.26. The average molecular weight is 333 g/mol. The summed E-state index contributed by atoms with van der Waals surface area (Å²) in [5.41, 5.74) is 0.621. The summed E-state index contributed by atoms with van der Waals surface area (Å²) in [6.07, 6.45) is 1.59. The molecule has 1 aromatic carbocycles. The van der Waals surface area contributed by atoms with Crippen LogP contribution in [0.1, 0.15) is 26.3 Å². The van der Waals surface area contributed by atoms with Crippen LogP contribution in [0.3, 0.4) is 0 Å². The van der Waals surface area contributed by atoms with Gasteiger partial charge >= 0.3 is 0 Å². The molecule has 1 saturated heterocycles. The van der Waals surface area contributed by atoms with Gasteiger partial charge in [0.15, 0.2) is 5.78 Å². The summed E-state index contributed by atoms with van der Waals surface area (Å²) in [7, 11) is 0. The highest BCUT2D eigenvalue weighted by molar-refractivity contribution is 8.04. The molecule has 2 rings (SSSR count). The summed E-state index contributed by atoms with van der Waals surface area (Å²) < 4.78 is 5.75. The third kappa shape index (κ3) is 4.61. The van der Waals surface area contributed by atoms with E-state index in [0.29, 0.717) is 18.9 Å². The third-order valence-corrected chi connectivity index (χ3v) is 4.60. The van der Waals surface area contributed by atoms with Crippen molar-refractivity contribution in [1.29, 1.82) is 0 Å². The number of aryl methyl sites for hydroxylation is 1. The molecule has 5 heteroatoms. The first-order valence-corrected chi connectivity index (χ1v) is 8.65. The van der Waals surface area contributed by atoms with Crippen LogP contribution in [0.2, 0.25) is 0 Å². The fraction of sp³-hybridized carbons (Fsp3) is 0.444. The summed E-state index contributed by atoms with van der Waals surface area (Å²) in [6.45, 7) is 8.46. The molecule has 0 bridgehead atoms. The number of nitrogens with zero attached hydrogens (tertiary/aromatic N) is 1. The highest BCUT2D eigenvalue weighted by atomic mass is 32.2. The van der Waals surface area contributed by atoms with Gasteiger partial charge in [0.2, 0.25) is 5.91 Å². The maximum atomic E-state index is 12.2. The van der Waals surface area contributed by atoms with Crippen molar-refractivity contribution in [1.82, 2.24) is 4.90 Å². The Balaban J connectivity index is 1.99. The lowest BCUT2D eigenvalue weighted by atomic mass is 9.91. The van der Waals surface area contributed by atoms with Crippen molar-refractivity contribution in [3.8, 4) is 5.75 Å². The van der Waals surface area contributed by atoms with Crippen molar-refractivity contribution in [3.63, 3.8) is 0 Å². The molecular weight excluding hydrogens is 310 g/mol. The zero-order valence-corrected chi connectivity index (χ0v) is 14.9. The van der Waals surface area contributed by atoms with Gasteiger partial charge in [-0.15, -0.1) is 0 Å². The number of benzene rings is 1. The van der Waals surface area contributed by atoms with Gasteiger partial charge in [-0.25, -0.2) is 0 Å². The lowest BCUT2D eigenvalue weighted by Gasteiger charge is -2.19. The van der Waals surface area contributed by atoms with Crippen LogP contribution in [0, 0.1) is 12.3 Å². The van der Waals surface area contributed by atoms with Crippen molar-refractivity contribution >= 4 is 23.5 Å². The molecule has 1 aromatic rings. The Hall–Kier alpha value is -1.75. The van der Waals surface area contributed by atoms with Crippen molar-refractivity contribution in [2.75, 3.05) is 18.9 Å². The highest BCUT2D eigenvalue weighted by Crippen LogP contribution is 2.30. The number of allylic oxidation sites excluding steroid dienone is 1. The Kier molecular flexibility index (Phi) is 5.52. The van der Waals surface area contributed by atoms with Crippen LogP contribution >= 0.6 is 11.8 Å². The van der Waals surface area contributed by atoms with Gasteiger partial charge in [-0.1, -0.05) is 50.7 Å². The fourth-order valence-corrected chi connectivity index (χ4v) is 3.03. The highest BCUT2D eigenvalue weighted by Gasteiger charge is 2.29. The second-order valence-electron chi connectivity index (χ2n) is 6.54. The van der Waals surface area contributed by atoms with Crippen LogP contribution in [0.25, 0.3) is 0 Å². The van der Waals surface area contributed by atoms with Crippen LogP contribution < -0.4 is 4.74 Å². The Morgan fingerprint density at radius 1 is 1.35 bits per heavy atom. The van der Waals surface area contributed by atoms with Gasteiger partial charge in [0.1, 0.15) is 12.4 Å². The maximum absolute atomic E-state index is 12.2. The molecule has 0 atom stereocenters. The Bertz CT molecular complexity index is 631. The van der Waals surface area contributed by atoms with Crippen LogP contribution in [-0.2, 0) is 9.59 Å². The molecule has 0 spiro atoms. The maximum Gasteiger partial charge on any atom is 0.237 e. The zero-order chi connectivity index (χ0) is 17.0. The van der Waals surface area contributed by atoms with E-state index < -0.39 is 5.41 Å². The first-order valence-electron chi connectivity index (χ1n) is 7.67. The normalized spacial score (nSPS) is 17.0. The van der Waals surface area contributed by atoms with Crippen LogP contribution in [-0.4, -0.2) is 35.5 Å². The van der Waals surface area contributed by atoms with E-state index in [0.717, 1.165) is 16.3 Å². The van der Waals surface area contributed by atoms with Crippen molar-refractivity contribution in [2.45, 2.75) is 27.7 Å². The van der Waals surface area contributed by atoms with Gasteiger partial charge in [-0.2, -0.15) is 0 Å². The lowest BCUT2D eigenvalue weighted by molar-refractivity contribution is -0.125. The number of ketones is 1. The number of hydrogen-bond acceptors (Lipinski definition) is 4. The molecule has 1 amide bonds. The first-order chi connectivity index (χ1) is 10.8. The average Bonchev–Trinajstić information content (AvgIpc) is 2.81. The first kappa shape index (κ1) is 17.6. The van der Waals surface area contributed by atoms with Gasteiger partial charge < -0.3 is 9.64 Å². The number of carbonyl (C=O) groups excluding carboxylic acids is 2. The molecule has 0 radical (unpaired) electrons. The molecule has 0 aromatic heterocycles. The Morgan fingerprint density at radius 2 is 2.04 bits per heavy atom. The van der Waals surface area contributed by atoms with Gasteiger partial charge in [0, 0.05) is 11.5 Å². The van der Waals surface area contributed by atoms with E-state index >= 15 is 0 Å². The molecule has 124 valence electrons. The Labute approximate surface area is 141 Å². The van der Waals surface area contributed by atoms with E-state index in [9.17, 15) is 9.59 Å². The van der Waals surface area contributed by atoms with Gasteiger partial charge in [0.25, 0.3) is 0 Å². The number of para-hydroxylation sites is 1. The second-order valence-corrected chi connectivity index (χ2v) is 7.54. The molecule has 1 fully saturated rings. The molecule has 1 aliphatic rings. The lowest BCUT2D eigenvalue weighted by Crippen LogP contribution is -2.30. The minimum Gasteiger partial charge on any atom is -0.491 e. The Morgan fingerprint density at radius 3 is 2.70 bits per heavy atom. The third-order valence-electron chi connectivity index (χ3n) is 3.57. The van der Waals surface area contributed by atoms with Crippen LogP contribution in [0.5, 0.6) is 5.75 Å². The zero-order valence-electron chi connectivity index (χ0n) is 14.1. The SMILES string of the molecule is Cc1ccccc1OCCN1C(=O)CS/C1=C\C(=O)C(C)(C)C. The molecular formula is C18H23NO3S. The number of amides is 1. The number of carbonyl (C=O) groups is 2. The van der Waals surface area contributed by atoms with E-state index in [1.807, 2.05) is 52.0 Å². The molecule has 0 N–H and O–H groups in total. The smallest absolute Gasteiger partial charge is 0.237 e. The van der Waals surface area contributed by atoms with Crippen LogP contribution in [0.15, 0.2) is 35.4 Å². The minimum absolute atomic E-state index is 0.0244. The van der Waals surface area contributed by atoms with E-state index in [2.05, 4.69) is 0 Å². The van der Waals surface area contributed by atoms with Crippen molar-refractivity contribution in [2.24, 2.45) is 5.41 Å². The molecule has 0 saturated carbocycles. The number of rotatable bonds is 5. The van der Waals surface area contributed by atoms with Crippen LogP contribution in [0.4, 0.5) is 0 Å². The summed E-state index contributed by atoms with van der Waals surface area (Å²) in [4.78, 5) is 25.8. The monoisotopic (exact) mass is 333 g/mol. The van der Waals surface area contributed by atoms with Gasteiger partial charge in [-0.05, 0) is 18.6 Å². The standard InChI is InChI=1S/C18H23NO3S/c1-13-7-5-6-8-14(13)22-10-9-19-16(21)12-23-17(19)11-15(20)18(2,3)4/h5-8,11H,9-10,12H2,1-4H3/b17-11-. The molecule has 0 aliphatic carbocycles. The van der Waals surface area contributed by atoms with E-state index in [1.54, 1.807) is 11.0 Å². The van der Waals surface area contributed by atoms with E-state index in [1.165, 1.54) is 11.8 Å². The molecule has 1 aliphatic heterocycles. The summed E-state index contributed by atoms with van der Waals surface area (Å²) in [6, 6.07) is 7.78. The topological polar surface area (TPSA) is 46.6 Å². The second kappa shape index (κ2) is 7.21. The largest absolute Gasteiger partial charge is 0.491 e. The van der Waals surface area contributed by atoms with E-state index in [-0.39, 0.29) is 11.7 Å². The van der Waals surface area contributed by atoms with Gasteiger partial charge in [-0.3, -0.25) is 9.59 Å². The molecule has 23 heavy (non-hydrogen) atoms. The number of hydrogen-bond donors (Lipinski definition) is 0. The summed E-state index contributed by atoms with van der Waals surface area (Å²) >= 11 is 1.41. The summed E-state index contributed by atoms with van der Waals surface area (Å²) in [5, 5.41) is 0.725. The van der Waals surface area contributed by atoms with Gasteiger partial charge in [0.05, 0.1) is 17.3 Å². The number of ether oxygens (including phenoxy) is 1. The predicted molar refractivity (Wildman–Crippen MR) is 93.4 cm³/mol. The molecule has 4 nitrogen and oxygen atoms in total. The number of thioether (sulfide) groups is 1. The van der Waals surface area contributed by atoms with E-state index in [4.69, 9.17) is 4.74 Å². The predicted octanol–water partition coefficient (Wildman–Crippen LogP) is 3.41. The quantitative estimate of drug-likeness (QED) is 0.775. The molecule has 1 heterocycles. The molecule has 0 unspecified atom stereocenters.